The fourth-order valence-electron chi connectivity index (χ4n) is 3.00. The predicted molar refractivity (Wildman–Crippen MR) is 76.0 cm³/mol. The van der Waals surface area contributed by atoms with Crippen LogP contribution in [0.2, 0.25) is 0 Å². The zero-order chi connectivity index (χ0) is 13.8. The molecule has 2 rings (SSSR count). The van der Waals surface area contributed by atoms with Crippen LogP contribution in [0.4, 0.5) is 5.82 Å². The largest absolute Gasteiger partial charge is 0.365 e. The van der Waals surface area contributed by atoms with Crippen molar-refractivity contribution in [1.82, 2.24) is 4.98 Å². The third-order valence-corrected chi connectivity index (χ3v) is 4.06. The summed E-state index contributed by atoms with van der Waals surface area (Å²) in [6.07, 6.45) is 6.36. The number of nitrogens with zero attached hydrogens (tertiary/aromatic N) is 2. The molecule has 0 radical (unpaired) electrons. The summed E-state index contributed by atoms with van der Waals surface area (Å²) in [5, 5.41) is 0. The van der Waals surface area contributed by atoms with Crippen LogP contribution in [0.1, 0.15) is 36.0 Å². The van der Waals surface area contributed by atoms with Crippen LogP contribution in [-0.4, -0.2) is 30.5 Å². The van der Waals surface area contributed by atoms with Crippen molar-refractivity contribution in [3.8, 4) is 0 Å². The lowest BCUT2D eigenvalue weighted by atomic mass is 9.83. The van der Waals surface area contributed by atoms with Crippen LogP contribution in [0.15, 0.2) is 18.3 Å². The smallest absolute Gasteiger partial charge is 0.252 e. The number of rotatable bonds is 4. The lowest BCUT2D eigenvalue weighted by Gasteiger charge is -2.38. The Morgan fingerprint density at radius 3 is 2.89 bits per heavy atom. The normalized spacial score (nSPS) is 23.1. The summed E-state index contributed by atoms with van der Waals surface area (Å²) < 4.78 is 0. The van der Waals surface area contributed by atoms with Crippen molar-refractivity contribution >= 4 is 11.7 Å². The van der Waals surface area contributed by atoms with E-state index in [-0.39, 0.29) is 0 Å². The van der Waals surface area contributed by atoms with Crippen LogP contribution in [0.3, 0.4) is 0 Å². The molecule has 2 atom stereocenters. The minimum absolute atomic E-state index is 0.340. The van der Waals surface area contributed by atoms with Gasteiger partial charge in [-0.3, -0.25) is 4.79 Å². The van der Waals surface area contributed by atoms with E-state index < -0.39 is 5.91 Å². The van der Waals surface area contributed by atoms with Gasteiger partial charge in [0.2, 0.25) is 0 Å². The van der Waals surface area contributed by atoms with E-state index in [1.807, 2.05) is 7.05 Å². The van der Waals surface area contributed by atoms with Gasteiger partial charge in [0.25, 0.3) is 5.91 Å². The molecule has 2 unspecified atom stereocenters. The van der Waals surface area contributed by atoms with Gasteiger partial charge in [-0.15, -0.1) is 0 Å². The maximum absolute atomic E-state index is 11.5. The van der Waals surface area contributed by atoms with Gasteiger partial charge < -0.3 is 16.4 Å². The highest BCUT2D eigenvalue weighted by atomic mass is 16.1. The molecule has 1 amide bonds. The number of amides is 1. The number of anilines is 1. The van der Waals surface area contributed by atoms with Gasteiger partial charge in [0.05, 0.1) is 5.56 Å². The van der Waals surface area contributed by atoms with Crippen LogP contribution in [0.5, 0.6) is 0 Å². The Labute approximate surface area is 114 Å². The predicted octanol–water partition coefficient (Wildman–Crippen LogP) is 1.13. The highest BCUT2D eigenvalue weighted by Gasteiger charge is 2.29. The summed E-state index contributed by atoms with van der Waals surface area (Å²) in [4.78, 5) is 17.9. The number of aromatic nitrogens is 1. The molecular formula is C14H22N4O. The van der Waals surface area contributed by atoms with Crippen molar-refractivity contribution < 1.29 is 4.79 Å². The Kier molecular flexibility index (Phi) is 4.37. The van der Waals surface area contributed by atoms with Gasteiger partial charge in [0.15, 0.2) is 0 Å². The molecule has 1 saturated carbocycles. The first-order valence-corrected chi connectivity index (χ1v) is 6.83. The van der Waals surface area contributed by atoms with E-state index in [4.69, 9.17) is 11.5 Å². The van der Waals surface area contributed by atoms with Crippen LogP contribution in [0, 0.1) is 5.92 Å². The fourth-order valence-corrected chi connectivity index (χ4v) is 3.00. The number of carbonyl (C=O) groups excluding carboxylic acids is 1. The SMILES string of the molecule is CN(c1ncccc1C(N)=O)C1CCCCC1CN. The first-order chi connectivity index (χ1) is 9.15. The van der Waals surface area contributed by atoms with E-state index >= 15 is 0 Å². The molecule has 1 aromatic rings. The molecule has 4 N–H and O–H groups in total. The quantitative estimate of drug-likeness (QED) is 0.852. The van der Waals surface area contributed by atoms with E-state index in [2.05, 4.69) is 9.88 Å². The van der Waals surface area contributed by atoms with Crippen LogP contribution < -0.4 is 16.4 Å². The molecule has 0 spiro atoms. The standard InChI is InChI=1S/C14H22N4O/c1-18(12-7-3-2-5-10(12)9-15)14-11(13(16)19)6-4-8-17-14/h4,6,8,10,12H,2-3,5,7,9,15H2,1H3,(H2,16,19). The Bertz CT molecular complexity index is 449. The van der Waals surface area contributed by atoms with Crippen LogP contribution >= 0.6 is 0 Å². The highest BCUT2D eigenvalue weighted by molar-refractivity contribution is 5.97. The number of carbonyl (C=O) groups is 1. The second-order valence-corrected chi connectivity index (χ2v) is 5.20. The molecule has 0 aromatic carbocycles. The maximum atomic E-state index is 11.5. The third kappa shape index (κ3) is 2.87. The summed E-state index contributed by atoms with van der Waals surface area (Å²) in [7, 11) is 1.98. The summed E-state index contributed by atoms with van der Waals surface area (Å²) in [6, 6.07) is 3.80. The van der Waals surface area contributed by atoms with Gasteiger partial charge in [-0.2, -0.15) is 0 Å². The number of primary amides is 1. The monoisotopic (exact) mass is 262 g/mol. The fraction of sp³-hybridized carbons (Fsp3) is 0.571. The molecule has 5 nitrogen and oxygen atoms in total. The second kappa shape index (κ2) is 6.02. The van der Waals surface area contributed by atoms with Gasteiger partial charge in [0, 0.05) is 19.3 Å². The molecule has 0 aliphatic heterocycles. The summed E-state index contributed by atoms with van der Waals surface area (Å²) in [5.74, 6) is 0.692. The number of hydrogen-bond donors (Lipinski definition) is 2. The second-order valence-electron chi connectivity index (χ2n) is 5.20. The number of hydrogen-bond acceptors (Lipinski definition) is 4. The summed E-state index contributed by atoms with van der Waals surface area (Å²) in [5.41, 5.74) is 11.8. The maximum Gasteiger partial charge on any atom is 0.252 e. The average molecular weight is 262 g/mol. The molecule has 1 aromatic heterocycles. The molecule has 0 saturated heterocycles. The minimum atomic E-state index is -0.435. The van der Waals surface area contributed by atoms with Crippen molar-refractivity contribution in [3.63, 3.8) is 0 Å². The lowest BCUT2D eigenvalue weighted by molar-refractivity contribution is 0.1000. The van der Waals surface area contributed by atoms with Crippen molar-refractivity contribution in [2.24, 2.45) is 17.4 Å². The molecule has 1 heterocycles. The first-order valence-electron chi connectivity index (χ1n) is 6.83. The first kappa shape index (κ1) is 13.8. The van der Waals surface area contributed by atoms with E-state index in [1.165, 1.54) is 12.8 Å². The van der Waals surface area contributed by atoms with E-state index in [0.717, 1.165) is 12.8 Å². The third-order valence-electron chi connectivity index (χ3n) is 4.06. The minimum Gasteiger partial charge on any atom is -0.365 e. The Morgan fingerprint density at radius 1 is 1.47 bits per heavy atom. The molecule has 1 fully saturated rings. The average Bonchev–Trinajstić information content (AvgIpc) is 2.46. The van der Waals surface area contributed by atoms with E-state index in [1.54, 1.807) is 18.3 Å². The Balaban J connectivity index is 2.27. The molecule has 104 valence electrons. The number of pyridine rings is 1. The number of nitrogens with two attached hydrogens (primary N) is 2. The molecule has 0 bridgehead atoms. The molecule has 5 heteroatoms. The van der Waals surface area contributed by atoms with Crippen molar-refractivity contribution in [2.45, 2.75) is 31.7 Å². The lowest BCUT2D eigenvalue weighted by Crippen LogP contribution is -2.44. The molecule has 1 aliphatic rings. The zero-order valence-electron chi connectivity index (χ0n) is 11.4. The van der Waals surface area contributed by atoms with Crippen molar-refractivity contribution in [1.29, 1.82) is 0 Å². The topological polar surface area (TPSA) is 85.2 Å². The van der Waals surface area contributed by atoms with Crippen LogP contribution in [0.25, 0.3) is 0 Å². The van der Waals surface area contributed by atoms with Gasteiger partial charge in [-0.1, -0.05) is 12.8 Å². The molecule has 19 heavy (non-hydrogen) atoms. The highest BCUT2D eigenvalue weighted by Crippen LogP contribution is 2.30. The van der Waals surface area contributed by atoms with E-state index in [0.29, 0.717) is 29.9 Å². The Morgan fingerprint density at radius 2 is 2.21 bits per heavy atom. The van der Waals surface area contributed by atoms with Gasteiger partial charge in [-0.25, -0.2) is 4.98 Å². The zero-order valence-corrected chi connectivity index (χ0v) is 11.4. The Hall–Kier alpha value is -1.62. The van der Waals surface area contributed by atoms with Crippen molar-refractivity contribution in [2.75, 3.05) is 18.5 Å². The van der Waals surface area contributed by atoms with Crippen molar-refractivity contribution in [3.05, 3.63) is 23.9 Å². The van der Waals surface area contributed by atoms with Crippen LogP contribution in [-0.2, 0) is 0 Å². The van der Waals surface area contributed by atoms with Gasteiger partial charge in [-0.05, 0) is 37.4 Å². The van der Waals surface area contributed by atoms with E-state index in [9.17, 15) is 4.79 Å². The molecular weight excluding hydrogens is 240 g/mol. The van der Waals surface area contributed by atoms with Gasteiger partial charge in [0.1, 0.15) is 5.82 Å². The van der Waals surface area contributed by atoms with Gasteiger partial charge >= 0.3 is 0 Å². The summed E-state index contributed by atoms with van der Waals surface area (Å²) >= 11 is 0. The summed E-state index contributed by atoms with van der Waals surface area (Å²) in [6.45, 7) is 0.674. The molecule has 1 aliphatic carbocycles.